The average Bonchev–Trinajstić information content (AvgIpc) is 3.05. The molecule has 0 aliphatic heterocycles. The van der Waals surface area contributed by atoms with E-state index in [-0.39, 0.29) is 23.2 Å². The number of hydrogen-bond acceptors (Lipinski definition) is 3. The summed E-state index contributed by atoms with van der Waals surface area (Å²) >= 11 is 0. The van der Waals surface area contributed by atoms with E-state index < -0.39 is 0 Å². The number of nitrogens with zero attached hydrogens (tertiary/aromatic N) is 3. The molecule has 28 heavy (non-hydrogen) atoms. The fraction of sp³-hybridized carbons (Fsp3) is 0.409. The lowest BCUT2D eigenvalue weighted by Crippen LogP contribution is -2.38. The first-order valence-electron chi connectivity index (χ1n) is 9.84. The molecule has 1 fully saturated rings. The first kappa shape index (κ1) is 18.5. The smallest absolute Gasteiger partial charge is 0.272 e. The van der Waals surface area contributed by atoms with Gasteiger partial charge < -0.3 is 9.88 Å². The molecule has 4 rings (SSSR count). The van der Waals surface area contributed by atoms with E-state index in [0.717, 1.165) is 36.8 Å². The van der Waals surface area contributed by atoms with E-state index in [1.54, 1.807) is 25.0 Å². The Bertz CT molecular complexity index is 1070. The normalized spacial score (nSPS) is 19.7. The van der Waals surface area contributed by atoms with Gasteiger partial charge >= 0.3 is 0 Å². The lowest BCUT2D eigenvalue weighted by molar-refractivity contribution is 0.0921. The van der Waals surface area contributed by atoms with Crippen LogP contribution in [0, 0.1) is 6.92 Å². The zero-order valence-electron chi connectivity index (χ0n) is 16.6. The van der Waals surface area contributed by atoms with Gasteiger partial charge in [0.25, 0.3) is 11.5 Å². The molecule has 1 aliphatic rings. The van der Waals surface area contributed by atoms with Gasteiger partial charge in [-0.25, -0.2) is 0 Å². The number of carbonyl (C=O) groups excluding carboxylic acids is 1. The third kappa shape index (κ3) is 3.23. The molecule has 1 saturated carbocycles. The van der Waals surface area contributed by atoms with Crippen LogP contribution in [0.3, 0.4) is 0 Å². The van der Waals surface area contributed by atoms with Crippen LogP contribution in [0.1, 0.15) is 53.2 Å². The molecule has 0 atom stereocenters. The van der Waals surface area contributed by atoms with Crippen molar-refractivity contribution in [1.29, 1.82) is 0 Å². The second kappa shape index (κ2) is 7.26. The van der Waals surface area contributed by atoms with E-state index in [2.05, 4.69) is 34.7 Å². The lowest BCUT2D eigenvalue weighted by atomic mass is 9.82. The van der Waals surface area contributed by atoms with Crippen molar-refractivity contribution in [2.24, 2.45) is 14.1 Å². The van der Waals surface area contributed by atoms with Gasteiger partial charge in [-0.05, 0) is 49.7 Å². The Morgan fingerprint density at radius 1 is 1.11 bits per heavy atom. The first-order valence-corrected chi connectivity index (χ1v) is 9.84. The Labute approximate surface area is 164 Å². The average molecular weight is 378 g/mol. The molecule has 1 aliphatic carbocycles. The van der Waals surface area contributed by atoms with Crippen LogP contribution >= 0.6 is 0 Å². The van der Waals surface area contributed by atoms with Crippen molar-refractivity contribution >= 4 is 16.8 Å². The SMILES string of the molecule is Cc1cn(C)c(=O)c2c(C(=O)NC3CCC(c4ccccc4)CC3)nn(C)c12. The van der Waals surface area contributed by atoms with Crippen LogP contribution in [0.15, 0.2) is 41.3 Å². The first-order chi connectivity index (χ1) is 13.5. The maximum Gasteiger partial charge on any atom is 0.272 e. The Hall–Kier alpha value is -2.89. The molecule has 2 heterocycles. The molecule has 0 radical (unpaired) electrons. The standard InChI is InChI=1S/C22H26N4O2/c1-14-13-25(2)22(28)18-19(24-26(3)20(14)18)21(27)23-17-11-9-16(10-12-17)15-7-5-4-6-8-15/h4-8,13,16-17H,9-12H2,1-3H3,(H,23,27). The number of pyridine rings is 1. The molecule has 6 nitrogen and oxygen atoms in total. The van der Waals surface area contributed by atoms with Crippen LogP contribution in [0.25, 0.3) is 10.9 Å². The number of nitrogens with one attached hydrogen (secondary N) is 1. The summed E-state index contributed by atoms with van der Waals surface area (Å²) in [5.41, 5.74) is 3.07. The van der Waals surface area contributed by atoms with Crippen molar-refractivity contribution in [2.75, 3.05) is 0 Å². The van der Waals surface area contributed by atoms with Crippen molar-refractivity contribution in [3.05, 3.63) is 63.7 Å². The number of amides is 1. The van der Waals surface area contributed by atoms with Gasteiger partial charge in [0.15, 0.2) is 5.69 Å². The number of carbonyl (C=O) groups is 1. The molecular weight excluding hydrogens is 352 g/mol. The van der Waals surface area contributed by atoms with E-state index in [4.69, 9.17) is 0 Å². The summed E-state index contributed by atoms with van der Waals surface area (Å²) in [6, 6.07) is 10.7. The molecule has 1 N–H and O–H groups in total. The summed E-state index contributed by atoms with van der Waals surface area (Å²) in [6.45, 7) is 1.93. The molecule has 0 unspecified atom stereocenters. The van der Waals surface area contributed by atoms with Crippen molar-refractivity contribution in [3.8, 4) is 0 Å². The van der Waals surface area contributed by atoms with Crippen LogP contribution in [0.5, 0.6) is 0 Å². The maximum atomic E-state index is 12.9. The van der Waals surface area contributed by atoms with Crippen LogP contribution < -0.4 is 10.9 Å². The lowest BCUT2D eigenvalue weighted by Gasteiger charge is -2.29. The molecule has 0 bridgehead atoms. The highest BCUT2D eigenvalue weighted by Crippen LogP contribution is 2.32. The summed E-state index contributed by atoms with van der Waals surface area (Å²) in [5.74, 6) is 0.302. The van der Waals surface area contributed by atoms with Crippen molar-refractivity contribution in [1.82, 2.24) is 19.7 Å². The largest absolute Gasteiger partial charge is 0.348 e. The Kier molecular flexibility index (Phi) is 4.79. The maximum absolute atomic E-state index is 12.9. The summed E-state index contributed by atoms with van der Waals surface area (Å²) in [6.07, 6.45) is 5.76. The fourth-order valence-corrected chi connectivity index (χ4v) is 4.47. The Balaban J connectivity index is 1.52. The Morgan fingerprint density at radius 2 is 1.79 bits per heavy atom. The van der Waals surface area contributed by atoms with Crippen LogP contribution in [0.2, 0.25) is 0 Å². The van der Waals surface area contributed by atoms with Crippen LogP contribution in [0.4, 0.5) is 0 Å². The summed E-state index contributed by atoms with van der Waals surface area (Å²) in [7, 11) is 3.48. The number of rotatable bonds is 3. The van der Waals surface area contributed by atoms with Gasteiger partial charge in [0.05, 0.1) is 10.9 Å². The van der Waals surface area contributed by atoms with Crippen LogP contribution in [-0.2, 0) is 14.1 Å². The number of benzene rings is 1. The van der Waals surface area contributed by atoms with Gasteiger partial charge in [-0.15, -0.1) is 0 Å². The minimum Gasteiger partial charge on any atom is -0.348 e. The minimum atomic E-state index is -0.253. The third-order valence-electron chi connectivity index (χ3n) is 5.89. The van der Waals surface area contributed by atoms with E-state index in [0.29, 0.717) is 11.3 Å². The summed E-state index contributed by atoms with van der Waals surface area (Å²) < 4.78 is 3.15. The van der Waals surface area contributed by atoms with E-state index >= 15 is 0 Å². The Morgan fingerprint density at radius 3 is 2.46 bits per heavy atom. The monoisotopic (exact) mass is 378 g/mol. The molecule has 0 spiro atoms. The van der Waals surface area contributed by atoms with E-state index in [1.807, 2.05) is 13.0 Å². The van der Waals surface area contributed by atoms with Crippen molar-refractivity contribution < 1.29 is 4.79 Å². The highest BCUT2D eigenvalue weighted by Gasteiger charge is 2.26. The summed E-state index contributed by atoms with van der Waals surface area (Å²) in [4.78, 5) is 25.6. The molecule has 3 aromatic rings. The van der Waals surface area contributed by atoms with Gasteiger partial charge in [-0.3, -0.25) is 14.3 Å². The molecule has 2 aromatic heterocycles. The van der Waals surface area contributed by atoms with Crippen molar-refractivity contribution in [2.45, 2.75) is 44.6 Å². The number of aryl methyl sites for hydroxylation is 3. The molecule has 6 heteroatoms. The van der Waals surface area contributed by atoms with Gasteiger partial charge in [-0.2, -0.15) is 5.10 Å². The van der Waals surface area contributed by atoms with Crippen molar-refractivity contribution in [3.63, 3.8) is 0 Å². The highest BCUT2D eigenvalue weighted by molar-refractivity contribution is 6.05. The third-order valence-corrected chi connectivity index (χ3v) is 5.89. The molecular formula is C22H26N4O2. The van der Waals surface area contributed by atoms with Gasteiger partial charge in [-0.1, -0.05) is 30.3 Å². The van der Waals surface area contributed by atoms with Gasteiger partial charge in [0.1, 0.15) is 0 Å². The minimum absolute atomic E-state index is 0.123. The predicted molar refractivity (Wildman–Crippen MR) is 110 cm³/mol. The van der Waals surface area contributed by atoms with Gasteiger partial charge in [0.2, 0.25) is 0 Å². The second-order valence-corrected chi connectivity index (χ2v) is 7.86. The molecule has 0 saturated heterocycles. The molecule has 1 amide bonds. The quantitative estimate of drug-likeness (QED) is 0.762. The number of aromatic nitrogens is 3. The fourth-order valence-electron chi connectivity index (χ4n) is 4.47. The number of hydrogen-bond donors (Lipinski definition) is 1. The van der Waals surface area contributed by atoms with E-state index in [1.165, 1.54) is 10.1 Å². The van der Waals surface area contributed by atoms with Gasteiger partial charge in [0, 0.05) is 26.3 Å². The zero-order chi connectivity index (χ0) is 19.8. The topological polar surface area (TPSA) is 68.9 Å². The van der Waals surface area contributed by atoms with Crippen LogP contribution in [-0.4, -0.2) is 26.3 Å². The predicted octanol–water partition coefficient (Wildman–Crippen LogP) is 3.04. The number of fused-ring (bicyclic) bond motifs is 1. The summed E-state index contributed by atoms with van der Waals surface area (Å²) in [5, 5.41) is 7.89. The molecule has 1 aromatic carbocycles. The highest BCUT2D eigenvalue weighted by atomic mass is 16.2. The second-order valence-electron chi connectivity index (χ2n) is 7.86. The zero-order valence-corrected chi connectivity index (χ0v) is 16.6. The van der Waals surface area contributed by atoms with E-state index in [9.17, 15) is 9.59 Å². The molecule has 146 valence electrons.